The molecule has 0 bridgehead atoms. The highest BCUT2D eigenvalue weighted by atomic mass is 35.5. The molecule has 5 nitrogen and oxygen atoms in total. The molecule has 1 N–H and O–H groups in total. The van der Waals surface area contributed by atoms with Crippen LogP contribution in [-0.4, -0.2) is 33.7 Å². The van der Waals surface area contributed by atoms with E-state index in [-0.39, 0.29) is 11.3 Å². The van der Waals surface area contributed by atoms with Gasteiger partial charge in [0.25, 0.3) is 5.91 Å². The fourth-order valence-electron chi connectivity index (χ4n) is 3.26. The van der Waals surface area contributed by atoms with E-state index in [9.17, 15) is 13.2 Å². The smallest absolute Gasteiger partial charge is 0.251 e. The third kappa shape index (κ3) is 4.28. The SMILES string of the molecule is CC(C)(CNC(=O)c1ccc2c(c1)CCN2S(C)(=O)=O)c1ccc(Cl)cc1. The van der Waals surface area contributed by atoms with Crippen LogP contribution >= 0.6 is 11.6 Å². The summed E-state index contributed by atoms with van der Waals surface area (Å²) in [6.07, 6.45) is 1.81. The number of nitrogens with one attached hydrogen (secondary N) is 1. The fourth-order valence-corrected chi connectivity index (χ4v) is 4.35. The van der Waals surface area contributed by atoms with Gasteiger partial charge in [-0.1, -0.05) is 37.6 Å². The summed E-state index contributed by atoms with van der Waals surface area (Å²) in [5, 5.41) is 3.66. The zero-order chi connectivity index (χ0) is 19.8. The van der Waals surface area contributed by atoms with Crippen molar-refractivity contribution >= 4 is 33.2 Å². The number of nitrogens with zero attached hydrogens (tertiary/aromatic N) is 1. The van der Waals surface area contributed by atoms with Crippen LogP contribution in [0.1, 0.15) is 35.3 Å². The normalized spacial score (nSPS) is 14.1. The molecular formula is C20H23ClN2O3S. The van der Waals surface area contributed by atoms with Crippen molar-refractivity contribution in [2.45, 2.75) is 25.7 Å². The van der Waals surface area contributed by atoms with E-state index in [2.05, 4.69) is 19.2 Å². The second-order valence-electron chi connectivity index (χ2n) is 7.50. The number of benzene rings is 2. The number of carbonyl (C=O) groups is 1. The summed E-state index contributed by atoms with van der Waals surface area (Å²) in [6.45, 7) is 5.01. The molecule has 0 atom stereocenters. The van der Waals surface area contributed by atoms with Gasteiger partial charge in [-0.25, -0.2) is 8.42 Å². The van der Waals surface area contributed by atoms with Crippen LogP contribution in [0.25, 0.3) is 0 Å². The van der Waals surface area contributed by atoms with Crippen molar-refractivity contribution in [1.29, 1.82) is 0 Å². The molecule has 0 unspecified atom stereocenters. The number of sulfonamides is 1. The van der Waals surface area contributed by atoms with Crippen LogP contribution in [0.15, 0.2) is 42.5 Å². The highest BCUT2D eigenvalue weighted by molar-refractivity contribution is 7.92. The quantitative estimate of drug-likeness (QED) is 0.827. The molecule has 0 spiro atoms. The number of rotatable bonds is 5. The van der Waals surface area contributed by atoms with Gasteiger partial charge >= 0.3 is 0 Å². The highest BCUT2D eigenvalue weighted by Crippen LogP contribution is 2.31. The number of anilines is 1. The van der Waals surface area contributed by atoms with Gasteiger partial charge in [0.15, 0.2) is 0 Å². The van der Waals surface area contributed by atoms with Gasteiger partial charge in [0.05, 0.1) is 11.9 Å². The second kappa shape index (κ2) is 7.17. The first-order valence-electron chi connectivity index (χ1n) is 8.73. The van der Waals surface area contributed by atoms with Crippen LogP contribution in [-0.2, 0) is 21.9 Å². The average Bonchev–Trinajstić information content (AvgIpc) is 3.03. The topological polar surface area (TPSA) is 66.5 Å². The minimum absolute atomic E-state index is 0.169. The summed E-state index contributed by atoms with van der Waals surface area (Å²) >= 11 is 5.94. The molecule has 0 fully saturated rings. The van der Waals surface area contributed by atoms with E-state index in [1.54, 1.807) is 18.2 Å². The Labute approximate surface area is 165 Å². The lowest BCUT2D eigenvalue weighted by Crippen LogP contribution is -2.36. The summed E-state index contributed by atoms with van der Waals surface area (Å²) < 4.78 is 25.0. The number of fused-ring (bicyclic) bond motifs is 1. The monoisotopic (exact) mass is 406 g/mol. The number of amides is 1. The lowest BCUT2D eigenvalue weighted by molar-refractivity contribution is 0.0945. The lowest BCUT2D eigenvalue weighted by Gasteiger charge is -2.26. The number of hydrogen-bond acceptors (Lipinski definition) is 3. The largest absolute Gasteiger partial charge is 0.351 e. The Kier molecular flexibility index (Phi) is 5.23. The molecule has 1 heterocycles. The second-order valence-corrected chi connectivity index (χ2v) is 9.85. The van der Waals surface area contributed by atoms with E-state index in [0.29, 0.717) is 35.8 Å². The van der Waals surface area contributed by atoms with Crippen molar-refractivity contribution in [2.24, 2.45) is 0 Å². The van der Waals surface area contributed by atoms with E-state index in [0.717, 1.165) is 11.1 Å². The predicted molar refractivity (Wildman–Crippen MR) is 109 cm³/mol. The number of halogens is 1. The first kappa shape index (κ1) is 19.7. The van der Waals surface area contributed by atoms with Crippen molar-refractivity contribution in [2.75, 3.05) is 23.7 Å². The van der Waals surface area contributed by atoms with E-state index < -0.39 is 10.0 Å². The molecule has 1 aliphatic heterocycles. The third-order valence-corrected chi connectivity index (χ3v) is 6.34. The van der Waals surface area contributed by atoms with Crippen molar-refractivity contribution < 1.29 is 13.2 Å². The Bertz CT molecular complexity index is 969. The number of hydrogen-bond donors (Lipinski definition) is 1. The zero-order valence-electron chi connectivity index (χ0n) is 15.6. The van der Waals surface area contributed by atoms with Crippen molar-refractivity contribution in [1.82, 2.24) is 5.32 Å². The van der Waals surface area contributed by atoms with Gasteiger partial charge < -0.3 is 5.32 Å². The fraction of sp³-hybridized carbons (Fsp3) is 0.350. The third-order valence-electron chi connectivity index (χ3n) is 4.91. The Morgan fingerprint density at radius 1 is 1.19 bits per heavy atom. The molecule has 0 saturated carbocycles. The van der Waals surface area contributed by atoms with E-state index in [4.69, 9.17) is 11.6 Å². The maximum atomic E-state index is 12.6. The molecule has 3 rings (SSSR count). The maximum Gasteiger partial charge on any atom is 0.251 e. The van der Waals surface area contributed by atoms with Crippen LogP contribution in [0.5, 0.6) is 0 Å². The molecule has 0 aromatic heterocycles. The molecule has 0 radical (unpaired) electrons. The van der Waals surface area contributed by atoms with Gasteiger partial charge in [0.1, 0.15) is 0 Å². The molecule has 1 aliphatic rings. The molecule has 1 amide bonds. The van der Waals surface area contributed by atoms with Gasteiger partial charge in [0, 0.05) is 29.1 Å². The molecule has 0 aliphatic carbocycles. The van der Waals surface area contributed by atoms with Crippen LogP contribution in [0.3, 0.4) is 0 Å². The molecule has 7 heteroatoms. The minimum Gasteiger partial charge on any atom is -0.351 e. The van der Waals surface area contributed by atoms with Gasteiger partial charge in [-0.3, -0.25) is 9.10 Å². The summed E-state index contributed by atoms with van der Waals surface area (Å²) in [5.41, 5.74) is 2.92. The highest BCUT2D eigenvalue weighted by Gasteiger charge is 2.27. The Morgan fingerprint density at radius 3 is 2.48 bits per heavy atom. The van der Waals surface area contributed by atoms with Gasteiger partial charge in [-0.15, -0.1) is 0 Å². The van der Waals surface area contributed by atoms with E-state index in [1.165, 1.54) is 10.6 Å². The van der Waals surface area contributed by atoms with Crippen molar-refractivity contribution in [3.63, 3.8) is 0 Å². The van der Waals surface area contributed by atoms with Gasteiger partial charge in [-0.2, -0.15) is 0 Å². The maximum absolute atomic E-state index is 12.6. The molecule has 2 aromatic rings. The first-order valence-corrected chi connectivity index (χ1v) is 11.0. The molecule has 144 valence electrons. The number of carbonyl (C=O) groups excluding carboxylic acids is 1. The van der Waals surface area contributed by atoms with E-state index >= 15 is 0 Å². The summed E-state index contributed by atoms with van der Waals surface area (Å²) in [4.78, 5) is 12.6. The summed E-state index contributed by atoms with van der Waals surface area (Å²) in [7, 11) is -3.29. The summed E-state index contributed by atoms with van der Waals surface area (Å²) in [5.74, 6) is -0.169. The Morgan fingerprint density at radius 2 is 1.85 bits per heavy atom. The van der Waals surface area contributed by atoms with Crippen LogP contribution in [0, 0.1) is 0 Å². The van der Waals surface area contributed by atoms with Crippen LogP contribution in [0.4, 0.5) is 5.69 Å². The van der Waals surface area contributed by atoms with Crippen molar-refractivity contribution in [3.05, 3.63) is 64.2 Å². The van der Waals surface area contributed by atoms with Crippen LogP contribution < -0.4 is 9.62 Å². The van der Waals surface area contributed by atoms with Gasteiger partial charge in [-0.05, 0) is 47.9 Å². The first-order chi connectivity index (χ1) is 12.6. The lowest BCUT2D eigenvalue weighted by atomic mass is 9.84. The molecule has 2 aromatic carbocycles. The zero-order valence-corrected chi connectivity index (χ0v) is 17.2. The summed E-state index contributed by atoms with van der Waals surface area (Å²) in [6, 6.07) is 12.8. The predicted octanol–water partition coefficient (Wildman–Crippen LogP) is 3.37. The molecule has 0 saturated heterocycles. The van der Waals surface area contributed by atoms with Crippen molar-refractivity contribution in [3.8, 4) is 0 Å². The van der Waals surface area contributed by atoms with E-state index in [1.807, 2.05) is 24.3 Å². The standard InChI is InChI=1S/C20H23ClN2O3S/c1-20(2,16-5-7-17(21)8-6-16)13-22-19(24)15-4-9-18-14(12-15)10-11-23(18)27(3,25)26/h4-9,12H,10-11,13H2,1-3H3,(H,22,24). The molecule has 27 heavy (non-hydrogen) atoms. The Hall–Kier alpha value is -2.05. The Balaban J connectivity index is 1.71. The van der Waals surface area contributed by atoms with Crippen LogP contribution in [0.2, 0.25) is 5.02 Å². The van der Waals surface area contributed by atoms with Gasteiger partial charge in [0.2, 0.25) is 10.0 Å². The average molecular weight is 407 g/mol. The minimum atomic E-state index is -3.29. The molecular weight excluding hydrogens is 384 g/mol.